The Balaban J connectivity index is 1.98. The van der Waals surface area contributed by atoms with E-state index in [0.717, 1.165) is 17.1 Å². The normalized spacial score (nSPS) is 26.5. The fourth-order valence-corrected chi connectivity index (χ4v) is 2.30. The maximum atomic E-state index is 10.8. The average molecular weight is 202 g/mol. The van der Waals surface area contributed by atoms with Crippen LogP contribution in [0.15, 0.2) is 36.1 Å². The SMILES string of the molecule is O=C(O)C1C=C2Oc3ccccc3C2C1. The summed E-state index contributed by atoms with van der Waals surface area (Å²) in [6.45, 7) is 0. The van der Waals surface area contributed by atoms with Crippen LogP contribution in [0, 0.1) is 5.92 Å². The van der Waals surface area contributed by atoms with E-state index in [-0.39, 0.29) is 5.92 Å². The molecule has 0 spiro atoms. The number of carboxylic acid groups (broad SMARTS) is 1. The fourth-order valence-electron chi connectivity index (χ4n) is 2.30. The predicted molar refractivity (Wildman–Crippen MR) is 53.6 cm³/mol. The summed E-state index contributed by atoms with van der Waals surface area (Å²) >= 11 is 0. The van der Waals surface area contributed by atoms with Crippen molar-refractivity contribution >= 4 is 5.97 Å². The molecule has 76 valence electrons. The lowest BCUT2D eigenvalue weighted by atomic mass is 9.96. The van der Waals surface area contributed by atoms with Crippen molar-refractivity contribution in [1.29, 1.82) is 0 Å². The lowest BCUT2D eigenvalue weighted by molar-refractivity contribution is -0.140. The second-order valence-electron chi connectivity index (χ2n) is 3.94. The van der Waals surface area contributed by atoms with Crippen LogP contribution in [0.4, 0.5) is 0 Å². The van der Waals surface area contributed by atoms with Gasteiger partial charge < -0.3 is 9.84 Å². The van der Waals surface area contributed by atoms with Gasteiger partial charge in [0.2, 0.25) is 0 Å². The quantitative estimate of drug-likeness (QED) is 0.759. The maximum absolute atomic E-state index is 10.8. The van der Waals surface area contributed by atoms with Crippen LogP contribution in [0.3, 0.4) is 0 Å². The van der Waals surface area contributed by atoms with Gasteiger partial charge in [-0.15, -0.1) is 0 Å². The van der Waals surface area contributed by atoms with Crippen molar-refractivity contribution in [3.63, 3.8) is 0 Å². The Labute approximate surface area is 87.0 Å². The summed E-state index contributed by atoms with van der Waals surface area (Å²) in [5.41, 5.74) is 1.12. The monoisotopic (exact) mass is 202 g/mol. The van der Waals surface area contributed by atoms with E-state index in [2.05, 4.69) is 0 Å². The van der Waals surface area contributed by atoms with Crippen LogP contribution in [-0.2, 0) is 4.79 Å². The molecular formula is C12H10O3. The Kier molecular flexibility index (Phi) is 1.63. The van der Waals surface area contributed by atoms with Gasteiger partial charge in [0, 0.05) is 11.5 Å². The van der Waals surface area contributed by atoms with E-state index in [0.29, 0.717) is 6.42 Å². The van der Waals surface area contributed by atoms with Gasteiger partial charge in [-0.05, 0) is 18.6 Å². The van der Waals surface area contributed by atoms with Gasteiger partial charge in [-0.3, -0.25) is 4.79 Å². The predicted octanol–water partition coefficient (Wildman–Crippen LogP) is 2.15. The van der Waals surface area contributed by atoms with E-state index in [4.69, 9.17) is 9.84 Å². The molecule has 2 unspecified atom stereocenters. The number of ether oxygens (including phenoxy) is 1. The van der Waals surface area contributed by atoms with Crippen LogP contribution in [-0.4, -0.2) is 11.1 Å². The van der Waals surface area contributed by atoms with Gasteiger partial charge in [0.05, 0.1) is 5.92 Å². The topological polar surface area (TPSA) is 46.5 Å². The zero-order chi connectivity index (χ0) is 10.4. The number of rotatable bonds is 1. The highest BCUT2D eigenvalue weighted by Gasteiger charge is 2.38. The summed E-state index contributed by atoms with van der Waals surface area (Å²) in [6, 6.07) is 7.81. The molecule has 0 aromatic heterocycles. The van der Waals surface area contributed by atoms with Gasteiger partial charge in [0.1, 0.15) is 11.5 Å². The Hall–Kier alpha value is -1.77. The summed E-state index contributed by atoms with van der Waals surface area (Å²) in [4.78, 5) is 10.8. The van der Waals surface area contributed by atoms with E-state index in [1.807, 2.05) is 24.3 Å². The van der Waals surface area contributed by atoms with Crippen LogP contribution in [0.2, 0.25) is 0 Å². The van der Waals surface area contributed by atoms with Gasteiger partial charge in [-0.2, -0.15) is 0 Å². The second kappa shape index (κ2) is 2.86. The number of para-hydroxylation sites is 1. The van der Waals surface area contributed by atoms with Crippen molar-refractivity contribution in [2.45, 2.75) is 12.3 Å². The smallest absolute Gasteiger partial charge is 0.310 e. The molecule has 1 aliphatic heterocycles. The summed E-state index contributed by atoms with van der Waals surface area (Å²) < 4.78 is 5.61. The molecule has 0 saturated heterocycles. The second-order valence-corrected chi connectivity index (χ2v) is 3.94. The molecule has 3 rings (SSSR count). The van der Waals surface area contributed by atoms with E-state index >= 15 is 0 Å². The Bertz CT molecular complexity index is 462. The highest BCUT2D eigenvalue weighted by atomic mass is 16.5. The van der Waals surface area contributed by atoms with Crippen molar-refractivity contribution in [3.05, 3.63) is 41.7 Å². The third kappa shape index (κ3) is 1.16. The first-order valence-corrected chi connectivity index (χ1v) is 4.97. The number of carboxylic acids is 1. The van der Waals surface area contributed by atoms with Gasteiger partial charge in [-0.25, -0.2) is 0 Å². The molecule has 2 atom stereocenters. The minimum absolute atomic E-state index is 0.155. The Morgan fingerprint density at radius 2 is 2.20 bits per heavy atom. The molecule has 1 heterocycles. The van der Waals surface area contributed by atoms with Crippen molar-refractivity contribution in [2.24, 2.45) is 5.92 Å². The standard InChI is InChI=1S/C12H10O3/c13-12(14)7-5-9-8-3-1-2-4-10(8)15-11(9)6-7/h1-4,6-7,9H,5H2,(H,13,14). The van der Waals surface area contributed by atoms with Gasteiger partial charge >= 0.3 is 5.97 Å². The Morgan fingerprint density at radius 3 is 3.00 bits per heavy atom. The molecule has 15 heavy (non-hydrogen) atoms. The first-order valence-electron chi connectivity index (χ1n) is 4.97. The number of allylic oxidation sites excluding steroid dienone is 1. The molecule has 1 aromatic carbocycles. The molecule has 0 bridgehead atoms. The molecule has 3 heteroatoms. The lowest BCUT2D eigenvalue weighted by Crippen LogP contribution is -2.09. The molecular weight excluding hydrogens is 192 g/mol. The fraction of sp³-hybridized carbons (Fsp3) is 0.250. The third-order valence-electron chi connectivity index (χ3n) is 3.04. The molecule has 3 nitrogen and oxygen atoms in total. The van der Waals surface area contributed by atoms with Crippen molar-refractivity contribution in [2.75, 3.05) is 0 Å². The van der Waals surface area contributed by atoms with Crippen LogP contribution < -0.4 is 4.74 Å². The zero-order valence-corrected chi connectivity index (χ0v) is 8.01. The van der Waals surface area contributed by atoms with Crippen LogP contribution in [0.25, 0.3) is 0 Å². The van der Waals surface area contributed by atoms with E-state index < -0.39 is 11.9 Å². The van der Waals surface area contributed by atoms with Gasteiger partial charge in [-0.1, -0.05) is 18.2 Å². The lowest BCUT2D eigenvalue weighted by Gasteiger charge is -2.05. The molecule has 0 amide bonds. The van der Waals surface area contributed by atoms with E-state index in [1.54, 1.807) is 6.08 Å². The number of hydrogen-bond acceptors (Lipinski definition) is 2. The van der Waals surface area contributed by atoms with Crippen LogP contribution in [0.1, 0.15) is 17.9 Å². The molecule has 1 N–H and O–H groups in total. The summed E-state index contributed by atoms with van der Waals surface area (Å²) in [7, 11) is 0. The first-order chi connectivity index (χ1) is 7.25. The van der Waals surface area contributed by atoms with Gasteiger partial charge in [0.25, 0.3) is 0 Å². The molecule has 1 aromatic rings. The van der Waals surface area contributed by atoms with E-state index in [9.17, 15) is 4.79 Å². The van der Waals surface area contributed by atoms with Gasteiger partial charge in [0.15, 0.2) is 0 Å². The number of benzene rings is 1. The summed E-state index contributed by atoms with van der Waals surface area (Å²) in [6.07, 6.45) is 2.36. The molecule has 2 aliphatic rings. The number of carbonyl (C=O) groups is 1. The highest BCUT2D eigenvalue weighted by molar-refractivity contribution is 5.74. The van der Waals surface area contributed by atoms with E-state index in [1.165, 1.54) is 0 Å². The van der Waals surface area contributed by atoms with Crippen LogP contribution in [0.5, 0.6) is 5.75 Å². The minimum Gasteiger partial charge on any atom is -0.481 e. The molecule has 0 fully saturated rings. The molecule has 0 saturated carbocycles. The third-order valence-corrected chi connectivity index (χ3v) is 3.04. The average Bonchev–Trinajstić information content (AvgIpc) is 2.73. The van der Waals surface area contributed by atoms with Crippen molar-refractivity contribution < 1.29 is 14.6 Å². The zero-order valence-electron chi connectivity index (χ0n) is 8.01. The minimum atomic E-state index is -0.766. The first kappa shape index (κ1) is 8.53. The number of fused-ring (bicyclic) bond motifs is 3. The van der Waals surface area contributed by atoms with Crippen molar-refractivity contribution in [1.82, 2.24) is 0 Å². The Morgan fingerprint density at radius 1 is 1.40 bits per heavy atom. The maximum Gasteiger partial charge on any atom is 0.310 e. The number of aliphatic carboxylic acids is 1. The summed E-state index contributed by atoms with van der Waals surface area (Å²) in [5.74, 6) is 0.680. The van der Waals surface area contributed by atoms with Crippen LogP contribution >= 0.6 is 0 Å². The number of hydrogen-bond donors (Lipinski definition) is 1. The highest BCUT2D eigenvalue weighted by Crippen LogP contribution is 2.48. The largest absolute Gasteiger partial charge is 0.481 e. The molecule has 1 aliphatic carbocycles. The van der Waals surface area contributed by atoms with Crippen molar-refractivity contribution in [3.8, 4) is 5.75 Å². The summed E-state index contributed by atoms with van der Waals surface area (Å²) in [5, 5.41) is 8.92. The molecule has 0 radical (unpaired) electrons.